The van der Waals surface area contributed by atoms with Crippen LogP contribution in [0.5, 0.6) is 5.75 Å². The van der Waals surface area contributed by atoms with Crippen LogP contribution in [0.15, 0.2) is 34.2 Å². The highest BCUT2D eigenvalue weighted by atomic mass is 32.2. The third-order valence-corrected chi connectivity index (χ3v) is 4.61. The van der Waals surface area contributed by atoms with Gasteiger partial charge in [-0.1, -0.05) is 11.8 Å². The second-order valence-corrected chi connectivity index (χ2v) is 6.83. The molecule has 1 aliphatic rings. The van der Waals surface area contributed by atoms with Crippen molar-refractivity contribution in [2.45, 2.75) is 23.9 Å². The molecule has 1 N–H and O–H groups in total. The number of carbonyl (C=O) groups excluding carboxylic acids is 1. The number of ether oxygens (including phenoxy) is 1. The van der Waals surface area contributed by atoms with E-state index in [4.69, 9.17) is 0 Å². The van der Waals surface area contributed by atoms with E-state index in [9.17, 15) is 35.9 Å². The Morgan fingerprint density at radius 2 is 1.72 bits per heavy atom. The van der Waals surface area contributed by atoms with Crippen molar-refractivity contribution in [3.8, 4) is 11.4 Å². The summed E-state index contributed by atoms with van der Waals surface area (Å²) in [5.41, 5.74) is -0.695. The molecule has 29 heavy (non-hydrogen) atoms. The van der Waals surface area contributed by atoms with Crippen LogP contribution in [-0.4, -0.2) is 40.2 Å². The number of hydrogen-bond acceptors (Lipinski definition) is 5. The molecule has 1 aromatic carbocycles. The van der Waals surface area contributed by atoms with Crippen molar-refractivity contribution in [1.29, 1.82) is 0 Å². The smallest absolute Gasteiger partial charge is 0.422 e. The summed E-state index contributed by atoms with van der Waals surface area (Å²) in [7, 11) is 0. The average Bonchev–Trinajstić information content (AvgIpc) is 2.98. The molecule has 1 aliphatic heterocycles. The second-order valence-electron chi connectivity index (χ2n) is 5.89. The lowest BCUT2D eigenvalue weighted by Gasteiger charge is -2.15. The minimum Gasteiger partial charge on any atom is -0.484 e. The number of halogens is 6. The molecule has 1 amide bonds. The number of benzene rings is 1. The van der Waals surface area contributed by atoms with Gasteiger partial charge in [0, 0.05) is 0 Å². The Bertz CT molecular complexity index is 986. The molecule has 0 saturated heterocycles. The van der Waals surface area contributed by atoms with E-state index in [1.807, 2.05) is 0 Å². The Morgan fingerprint density at radius 1 is 1.07 bits per heavy atom. The number of rotatable bonds is 5. The van der Waals surface area contributed by atoms with Crippen LogP contribution in [0.25, 0.3) is 5.69 Å². The standard InChI is InChI=1S/C16H11F6N3O3S/c17-15(18,19)6-28-9-3-1-8(2-4-9)25-13(27)10-5-11(26)23-12(10)24-14(25)29-7-16(20,21)22/h1-4H,5-7H2,(H,23,26). The Labute approximate surface area is 162 Å². The zero-order valence-corrected chi connectivity index (χ0v) is 15.0. The van der Waals surface area contributed by atoms with Crippen LogP contribution in [0.1, 0.15) is 5.56 Å². The fraction of sp³-hybridized carbons (Fsp3) is 0.312. The molecule has 0 fully saturated rings. The number of aromatic nitrogens is 2. The number of fused-ring (bicyclic) bond motifs is 1. The highest BCUT2D eigenvalue weighted by Gasteiger charge is 2.31. The lowest BCUT2D eigenvalue weighted by atomic mass is 10.2. The zero-order valence-electron chi connectivity index (χ0n) is 14.2. The number of alkyl halides is 6. The summed E-state index contributed by atoms with van der Waals surface area (Å²) >= 11 is 0.244. The Morgan fingerprint density at radius 3 is 2.31 bits per heavy atom. The van der Waals surface area contributed by atoms with Crippen molar-refractivity contribution >= 4 is 23.5 Å². The number of nitrogens with one attached hydrogen (secondary N) is 1. The van der Waals surface area contributed by atoms with E-state index in [1.165, 1.54) is 12.1 Å². The number of nitrogens with zero attached hydrogens (tertiary/aromatic N) is 2. The summed E-state index contributed by atoms with van der Waals surface area (Å²) in [4.78, 5) is 28.2. The van der Waals surface area contributed by atoms with Crippen LogP contribution in [0.2, 0.25) is 0 Å². The minimum atomic E-state index is -4.54. The third kappa shape index (κ3) is 5.22. The molecule has 6 nitrogen and oxygen atoms in total. The molecule has 3 rings (SSSR count). The summed E-state index contributed by atoms with van der Waals surface area (Å²) in [5.74, 6) is -2.11. The summed E-state index contributed by atoms with van der Waals surface area (Å²) in [6.45, 7) is -1.52. The Balaban J connectivity index is 1.97. The van der Waals surface area contributed by atoms with Crippen molar-refractivity contribution in [2.75, 3.05) is 17.7 Å². The van der Waals surface area contributed by atoms with Gasteiger partial charge in [0.05, 0.1) is 23.4 Å². The fourth-order valence-corrected chi connectivity index (χ4v) is 3.23. The maximum atomic E-state index is 12.8. The predicted octanol–water partition coefficient (Wildman–Crippen LogP) is 3.32. The van der Waals surface area contributed by atoms with Gasteiger partial charge in [-0.2, -0.15) is 26.3 Å². The molecular weight excluding hydrogens is 428 g/mol. The van der Waals surface area contributed by atoms with Crippen molar-refractivity contribution in [3.05, 3.63) is 40.2 Å². The molecule has 0 bridgehead atoms. The highest BCUT2D eigenvalue weighted by Crippen LogP contribution is 2.30. The maximum Gasteiger partial charge on any atom is 0.422 e. The predicted molar refractivity (Wildman–Crippen MR) is 90.5 cm³/mol. The van der Waals surface area contributed by atoms with E-state index in [-0.39, 0.29) is 46.2 Å². The van der Waals surface area contributed by atoms with Crippen molar-refractivity contribution in [3.63, 3.8) is 0 Å². The first-order valence-corrected chi connectivity index (χ1v) is 8.87. The van der Waals surface area contributed by atoms with Gasteiger partial charge in [-0.15, -0.1) is 0 Å². The monoisotopic (exact) mass is 439 g/mol. The molecule has 0 radical (unpaired) electrons. The molecule has 2 heterocycles. The van der Waals surface area contributed by atoms with E-state index in [2.05, 4.69) is 15.0 Å². The lowest BCUT2D eigenvalue weighted by Crippen LogP contribution is -2.25. The molecule has 13 heteroatoms. The van der Waals surface area contributed by atoms with Crippen LogP contribution in [0.4, 0.5) is 32.2 Å². The van der Waals surface area contributed by atoms with E-state index in [0.29, 0.717) is 0 Å². The zero-order chi connectivity index (χ0) is 21.4. The first-order valence-electron chi connectivity index (χ1n) is 7.88. The van der Waals surface area contributed by atoms with Crippen molar-refractivity contribution in [2.24, 2.45) is 0 Å². The van der Waals surface area contributed by atoms with Gasteiger partial charge in [0.15, 0.2) is 11.8 Å². The molecule has 0 unspecified atom stereocenters. The summed E-state index contributed by atoms with van der Waals surface area (Å²) in [6, 6.07) is 4.71. The second kappa shape index (κ2) is 7.61. The van der Waals surface area contributed by atoms with Gasteiger partial charge < -0.3 is 10.1 Å². The number of carbonyl (C=O) groups is 1. The van der Waals surface area contributed by atoms with Crippen molar-refractivity contribution < 1.29 is 35.9 Å². The Kier molecular flexibility index (Phi) is 5.52. The summed E-state index contributed by atoms with van der Waals surface area (Å²) in [5, 5.41) is 1.99. The molecule has 1 aromatic heterocycles. The number of amides is 1. The van der Waals surface area contributed by atoms with Gasteiger partial charge in [-0.25, -0.2) is 4.98 Å². The van der Waals surface area contributed by atoms with Gasteiger partial charge in [0.2, 0.25) is 5.91 Å². The van der Waals surface area contributed by atoms with Gasteiger partial charge in [-0.3, -0.25) is 14.2 Å². The van der Waals surface area contributed by atoms with Crippen LogP contribution in [0, 0.1) is 0 Å². The number of hydrogen-bond donors (Lipinski definition) is 1. The normalized spacial score (nSPS) is 13.9. The van der Waals surface area contributed by atoms with E-state index in [0.717, 1.165) is 16.7 Å². The maximum absolute atomic E-state index is 12.8. The van der Waals surface area contributed by atoms with Crippen LogP contribution >= 0.6 is 11.8 Å². The summed E-state index contributed by atoms with van der Waals surface area (Å²) < 4.78 is 80.0. The molecule has 2 aromatic rings. The van der Waals surface area contributed by atoms with Gasteiger partial charge in [0.1, 0.15) is 11.6 Å². The van der Waals surface area contributed by atoms with Crippen LogP contribution < -0.4 is 15.6 Å². The van der Waals surface area contributed by atoms with E-state index < -0.39 is 36.2 Å². The lowest BCUT2D eigenvalue weighted by molar-refractivity contribution is -0.153. The largest absolute Gasteiger partial charge is 0.484 e. The van der Waals surface area contributed by atoms with E-state index in [1.54, 1.807) is 0 Å². The number of anilines is 1. The molecular formula is C16H11F6N3O3S. The molecule has 0 aliphatic carbocycles. The van der Waals surface area contributed by atoms with Crippen LogP contribution in [0.3, 0.4) is 0 Å². The van der Waals surface area contributed by atoms with E-state index >= 15 is 0 Å². The Hall–Kier alpha value is -2.70. The molecule has 0 atom stereocenters. The first kappa shape index (κ1) is 21.0. The topological polar surface area (TPSA) is 73.2 Å². The minimum absolute atomic E-state index is 0.0104. The SMILES string of the molecule is O=C1Cc2c(nc(SCC(F)(F)F)n(-c3ccc(OCC(F)(F)F)cc3)c2=O)N1. The summed E-state index contributed by atoms with van der Waals surface area (Å²) in [6.07, 6.45) is -9.36. The average molecular weight is 439 g/mol. The van der Waals surface area contributed by atoms with Gasteiger partial charge in [-0.05, 0) is 24.3 Å². The van der Waals surface area contributed by atoms with Gasteiger partial charge >= 0.3 is 12.4 Å². The molecule has 0 saturated carbocycles. The first-order chi connectivity index (χ1) is 13.4. The fourth-order valence-electron chi connectivity index (χ4n) is 2.46. The molecule has 0 spiro atoms. The number of thioether (sulfide) groups is 1. The van der Waals surface area contributed by atoms with Crippen molar-refractivity contribution in [1.82, 2.24) is 9.55 Å². The van der Waals surface area contributed by atoms with Crippen LogP contribution in [-0.2, 0) is 11.2 Å². The molecule has 156 valence electrons. The quantitative estimate of drug-likeness (QED) is 0.440. The third-order valence-electron chi connectivity index (χ3n) is 3.60. The highest BCUT2D eigenvalue weighted by molar-refractivity contribution is 7.99. The van der Waals surface area contributed by atoms with Gasteiger partial charge in [0.25, 0.3) is 5.56 Å².